The molecule has 0 spiro atoms. The Kier molecular flexibility index (Phi) is 6.09. The molecule has 0 saturated heterocycles. The minimum Gasteiger partial charge on any atom is -0.396 e. The van der Waals surface area contributed by atoms with E-state index in [2.05, 4.69) is 10.4 Å². The third-order valence-corrected chi connectivity index (χ3v) is 4.08. The minimum absolute atomic E-state index is 0.0264. The zero-order valence-electron chi connectivity index (χ0n) is 14.3. The maximum atomic E-state index is 13.1. The average molecular weight is 333 g/mol. The van der Waals surface area contributed by atoms with Gasteiger partial charge in [0.15, 0.2) is 0 Å². The Morgan fingerprint density at radius 3 is 2.54 bits per heavy atom. The number of amides is 1. The lowest BCUT2D eigenvalue weighted by Gasteiger charge is -2.21. The fourth-order valence-electron chi connectivity index (χ4n) is 2.67. The number of carbonyl (C=O) groups excluding carboxylic acids is 1. The number of aliphatic hydroxyl groups excluding tert-OH is 1. The Bertz CT molecular complexity index is 680. The third kappa shape index (κ3) is 4.00. The van der Waals surface area contributed by atoms with Gasteiger partial charge in [-0.3, -0.25) is 4.79 Å². The van der Waals surface area contributed by atoms with Crippen molar-refractivity contribution >= 4 is 5.91 Å². The number of rotatable bonds is 7. The molecule has 2 aromatic rings. The molecule has 1 atom stereocenters. The number of halogens is 1. The first-order valence-corrected chi connectivity index (χ1v) is 8.22. The monoisotopic (exact) mass is 333 g/mol. The molecule has 0 fully saturated rings. The number of nitrogens with one attached hydrogen (secondary N) is 1. The van der Waals surface area contributed by atoms with E-state index >= 15 is 0 Å². The fraction of sp³-hybridized carbons (Fsp3) is 0.444. The highest BCUT2D eigenvalue weighted by Crippen LogP contribution is 2.17. The molecule has 130 valence electrons. The van der Waals surface area contributed by atoms with Crippen LogP contribution in [0.2, 0.25) is 0 Å². The second-order valence-electron chi connectivity index (χ2n) is 6.08. The maximum absolute atomic E-state index is 13.1. The molecule has 0 radical (unpaired) electrons. The first kappa shape index (κ1) is 18.1. The molecule has 6 heteroatoms. The van der Waals surface area contributed by atoms with Gasteiger partial charge >= 0.3 is 0 Å². The molecule has 1 unspecified atom stereocenters. The van der Waals surface area contributed by atoms with Crippen molar-refractivity contribution in [3.05, 3.63) is 47.5 Å². The summed E-state index contributed by atoms with van der Waals surface area (Å²) in [4.78, 5) is 12.6. The summed E-state index contributed by atoms with van der Waals surface area (Å²) in [6, 6.07) is 5.90. The molecule has 1 aromatic heterocycles. The van der Waals surface area contributed by atoms with Gasteiger partial charge in [0, 0.05) is 12.6 Å². The molecule has 1 amide bonds. The van der Waals surface area contributed by atoms with Crippen LogP contribution in [-0.4, -0.2) is 33.4 Å². The molecular formula is C18H24FN3O2. The van der Waals surface area contributed by atoms with Crippen LogP contribution in [0.4, 0.5) is 4.39 Å². The Balaban J connectivity index is 2.28. The van der Waals surface area contributed by atoms with Crippen LogP contribution in [0.5, 0.6) is 0 Å². The van der Waals surface area contributed by atoms with Gasteiger partial charge in [0.05, 0.1) is 23.1 Å². The molecule has 1 heterocycles. The largest absolute Gasteiger partial charge is 0.396 e. The Morgan fingerprint density at radius 1 is 1.33 bits per heavy atom. The van der Waals surface area contributed by atoms with Crippen molar-refractivity contribution in [1.29, 1.82) is 0 Å². The van der Waals surface area contributed by atoms with Crippen molar-refractivity contribution < 1.29 is 14.3 Å². The smallest absolute Gasteiger partial charge is 0.255 e. The van der Waals surface area contributed by atoms with Gasteiger partial charge in [-0.1, -0.05) is 20.8 Å². The summed E-state index contributed by atoms with van der Waals surface area (Å²) in [7, 11) is 0. The maximum Gasteiger partial charge on any atom is 0.255 e. The summed E-state index contributed by atoms with van der Waals surface area (Å²) in [6.45, 7) is 5.98. The van der Waals surface area contributed by atoms with Gasteiger partial charge in [0.25, 0.3) is 5.91 Å². The Morgan fingerprint density at radius 2 is 2.00 bits per heavy atom. The summed E-state index contributed by atoms with van der Waals surface area (Å²) in [6.07, 6.45) is 2.66. The topological polar surface area (TPSA) is 67.2 Å². The SMILES string of the molecule is CCc1c(C(=O)NC(CCO)C(C)C)cnn1-c1ccc(F)cc1. The van der Waals surface area contributed by atoms with Crippen molar-refractivity contribution in [3.8, 4) is 5.69 Å². The lowest BCUT2D eigenvalue weighted by Crippen LogP contribution is -2.39. The van der Waals surface area contributed by atoms with Crippen LogP contribution in [-0.2, 0) is 6.42 Å². The van der Waals surface area contributed by atoms with E-state index in [1.165, 1.54) is 18.3 Å². The van der Waals surface area contributed by atoms with Gasteiger partial charge in [-0.15, -0.1) is 0 Å². The van der Waals surface area contributed by atoms with Crippen molar-refractivity contribution in [2.24, 2.45) is 5.92 Å². The molecular weight excluding hydrogens is 309 g/mol. The van der Waals surface area contributed by atoms with Crippen molar-refractivity contribution in [2.45, 2.75) is 39.7 Å². The molecule has 0 aliphatic rings. The standard InChI is InChI=1S/C18H24FN3O2/c1-4-17-15(18(24)21-16(9-10-23)12(2)3)11-20-22(17)14-7-5-13(19)6-8-14/h5-8,11-12,16,23H,4,9-10H2,1-3H3,(H,21,24). The zero-order chi connectivity index (χ0) is 17.7. The van der Waals surface area contributed by atoms with Gasteiger partial charge in [-0.25, -0.2) is 9.07 Å². The van der Waals surface area contributed by atoms with Crippen LogP contribution < -0.4 is 5.32 Å². The highest BCUT2D eigenvalue weighted by atomic mass is 19.1. The number of benzene rings is 1. The average Bonchev–Trinajstić information content (AvgIpc) is 2.99. The summed E-state index contributed by atoms with van der Waals surface area (Å²) in [5, 5.41) is 16.4. The van der Waals surface area contributed by atoms with E-state index in [1.807, 2.05) is 20.8 Å². The van der Waals surface area contributed by atoms with E-state index in [9.17, 15) is 9.18 Å². The molecule has 1 aromatic carbocycles. The first-order valence-electron chi connectivity index (χ1n) is 8.22. The highest BCUT2D eigenvalue weighted by molar-refractivity contribution is 5.95. The second kappa shape index (κ2) is 8.06. The number of hydrogen-bond acceptors (Lipinski definition) is 3. The van der Waals surface area contributed by atoms with Gasteiger partial charge in [-0.2, -0.15) is 5.10 Å². The van der Waals surface area contributed by atoms with Gasteiger partial charge in [-0.05, 0) is 43.0 Å². The highest BCUT2D eigenvalue weighted by Gasteiger charge is 2.21. The summed E-state index contributed by atoms with van der Waals surface area (Å²) in [5.41, 5.74) is 1.99. The lowest BCUT2D eigenvalue weighted by atomic mass is 10.0. The number of aromatic nitrogens is 2. The first-order chi connectivity index (χ1) is 11.5. The molecule has 2 N–H and O–H groups in total. The number of carbonyl (C=O) groups is 1. The third-order valence-electron chi connectivity index (χ3n) is 4.08. The predicted octanol–water partition coefficient (Wildman–Crippen LogP) is 2.71. The fourth-order valence-corrected chi connectivity index (χ4v) is 2.67. The van der Waals surface area contributed by atoms with Crippen molar-refractivity contribution in [1.82, 2.24) is 15.1 Å². The number of hydrogen-bond donors (Lipinski definition) is 2. The zero-order valence-corrected chi connectivity index (χ0v) is 14.3. The van der Waals surface area contributed by atoms with E-state index in [0.717, 1.165) is 5.69 Å². The van der Waals surface area contributed by atoms with Crippen molar-refractivity contribution in [3.63, 3.8) is 0 Å². The predicted molar refractivity (Wildman–Crippen MR) is 90.7 cm³/mol. The van der Waals surface area contributed by atoms with E-state index in [-0.39, 0.29) is 30.3 Å². The molecule has 5 nitrogen and oxygen atoms in total. The summed E-state index contributed by atoms with van der Waals surface area (Å²) >= 11 is 0. The molecule has 24 heavy (non-hydrogen) atoms. The summed E-state index contributed by atoms with van der Waals surface area (Å²) < 4.78 is 14.8. The van der Waals surface area contributed by atoms with Crippen LogP contribution in [0.15, 0.2) is 30.5 Å². The van der Waals surface area contributed by atoms with Gasteiger partial charge < -0.3 is 10.4 Å². The number of nitrogens with zero attached hydrogens (tertiary/aromatic N) is 2. The van der Waals surface area contributed by atoms with Crippen LogP contribution in [0.25, 0.3) is 5.69 Å². The molecule has 0 saturated carbocycles. The van der Waals surface area contributed by atoms with Gasteiger partial charge in [0.2, 0.25) is 0 Å². The van der Waals surface area contributed by atoms with Crippen molar-refractivity contribution in [2.75, 3.05) is 6.61 Å². The van der Waals surface area contributed by atoms with E-state index in [1.54, 1.807) is 16.8 Å². The quantitative estimate of drug-likeness (QED) is 0.819. The van der Waals surface area contributed by atoms with Gasteiger partial charge in [0.1, 0.15) is 5.82 Å². The minimum atomic E-state index is -0.314. The second-order valence-corrected chi connectivity index (χ2v) is 6.08. The van der Waals surface area contributed by atoms with E-state index in [4.69, 9.17) is 5.11 Å². The van der Waals surface area contributed by atoms with Crippen LogP contribution in [0.1, 0.15) is 43.2 Å². The molecule has 0 aliphatic carbocycles. The van der Waals surface area contributed by atoms with Crippen LogP contribution >= 0.6 is 0 Å². The van der Waals surface area contributed by atoms with Crippen LogP contribution in [0, 0.1) is 11.7 Å². The Hall–Kier alpha value is -2.21. The van der Waals surface area contributed by atoms with E-state index < -0.39 is 0 Å². The summed E-state index contributed by atoms with van der Waals surface area (Å²) in [5.74, 6) is -0.295. The Labute approximate surface area is 141 Å². The van der Waals surface area contributed by atoms with E-state index in [0.29, 0.717) is 24.1 Å². The van der Waals surface area contributed by atoms with Crippen LogP contribution in [0.3, 0.4) is 0 Å². The normalized spacial score (nSPS) is 12.4. The molecule has 2 rings (SSSR count). The lowest BCUT2D eigenvalue weighted by molar-refractivity contribution is 0.0915. The molecule has 0 aliphatic heterocycles. The number of aliphatic hydroxyl groups is 1. The molecule has 0 bridgehead atoms.